The number of hydroxylamine groups is 2. The number of likely N-dealkylation sites (tertiary alicyclic amines) is 1. The number of hydrogen-bond donors (Lipinski definition) is 0. The van der Waals surface area contributed by atoms with Gasteiger partial charge in [-0.1, -0.05) is 17.2 Å². The van der Waals surface area contributed by atoms with Crippen LogP contribution in [0.4, 0.5) is 0 Å². The highest BCUT2D eigenvalue weighted by atomic mass is 16.7. The molecule has 0 N–H and O–H groups in total. The Labute approximate surface area is 144 Å². The Hall–Kier alpha value is -2.74. The molecule has 0 aromatic heterocycles. The van der Waals surface area contributed by atoms with E-state index in [-0.39, 0.29) is 30.0 Å². The molecule has 0 bridgehead atoms. The third-order valence-electron chi connectivity index (χ3n) is 4.34. The van der Waals surface area contributed by atoms with Gasteiger partial charge in [0.15, 0.2) is 0 Å². The number of imide groups is 1. The first kappa shape index (κ1) is 17.1. The van der Waals surface area contributed by atoms with Crippen molar-refractivity contribution >= 4 is 23.7 Å². The van der Waals surface area contributed by atoms with Crippen LogP contribution in [0.5, 0.6) is 0 Å². The van der Waals surface area contributed by atoms with Crippen LogP contribution in [0.2, 0.25) is 0 Å². The molecule has 1 unspecified atom stereocenters. The molecule has 0 aliphatic carbocycles. The van der Waals surface area contributed by atoms with E-state index in [1.807, 2.05) is 0 Å². The molecule has 1 atom stereocenters. The monoisotopic (exact) mass is 346 g/mol. The first-order chi connectivity index (χ1) is 12.0. The third kappa shape index (κ3) is 3.25. The average Bonchev–Trinajstić information content (AvgIpc) is 2.86. The number of hydrogen-bond acceptors (Lipinski definition) is 6. The van der Waals surface area contributed by atoms with Crippen LogP contribution >= 0.6 is 0 Å². The number of benzene rings is 1. The Morgan fingerprint density at radius 1 is 1.16 bits per heavy atom. The number of amides is 3. The van der Waals surface area contributed by atoms with Crippen molar-refractivity contribution in [2.24, 2.45) is 5.92 Å². The fourth-order valence-electron chi connectivity index (χ4n) is 2.94. The summed E-state index contributed by atoms with van der Waals surface area (Å²) in [6.45, 7) is 0.933. The first-order valence-corrected chi connectivity index (χ1v) is 7.99. The molecule has 0 spiro atoms. The number of nitrogens with zero attached hydrogens (tertiary/aromatic N) is 2. The Bertz CT molecular complexity index is 697. The van der Waals surface area contributed by atoms with E-state index in [1.165, 1.54) is 24.1 Å². The maximum atomic E-state index is 12.4. The SMILES string of the molecule is COCCN1CC(C(=O)ON2C(=O)c3ccccc3C2=O)CCC1=O. The minimum absolute atomic E-state index is 0.0539. The standard InChI is InChI=1S/C17H18N2O6/c1-24-9-8-18-10-11(6-7-14(18)20)17(23)25-19-15(21)12-4-2-3-5-13(12)16(19)22/h2-5,11H,6-10H2,1H3. The number of ether oxygens (including phenoxy) is 1. The normalized spacial score (nSPS) is 20.0. The highest BCUT2D eigenvalue weighted by Gasteiger charge is 2.40. The van der Waals surface area contributed by atoms with Gasteiger partial charge < -0.3 is 14.5 Å². The van der Waals surface area contributed by atoms with Gasteiger partial charge in [0.05, 0.1) is 23.7 Å². The quantitative estimate of drug-likeness (QED) is 0.726. The van der Waals surface area contributed by atoms with Crippen LogP contribution < -0.4 is 0 Å². The van der Waals surface area contributed by atoms with Crippen molar-refractivity contribution in [3.63, 3.8) is 0 Å². The van der Waals surface area contributed by atoms with Crippen LogP contribution in [0.25, 0.3) is 0 Å². The van der Waals surface area contributed by atoms with Crippen molar-refractivity contribution in [1.82, 2.24) is 9.96 Å². The molecule has 132 valence electrons. The summed E-state index contributed by atoms with van der Waals surface area (Å²) in [7, 11) is 1.53. The minimum Gasteiger partial charge on any atom is -0.383 e. The topological polar surface area (TPSA) is 93.2 Å². The number of methoxy groups -OCH3 is 1. The van der Waals surface area contributed by atoms with Crippen LogP contribution in [-0.4, -0.2) is 60.5 Å². The number of piperidine rings is 1. The highest BCUT2D eigenvalue weighted by molar-refractivity contribution is 6.20. The van der Waals surface area contributed by atoms with Crippen LogP contribution in [0.15, 0.2) is 24.3 Å². The van der Waals surface area contributed by atoms with Crippen molar-refractivity contribution in [2.75, 3.05) is 26.8 Å². The van der Waals surface area contributed by atoms with Crippen LogP contribution in [0.3, 0.4) is 0 Å². The second-order valence-electron chi connectivity index (χ2n) is 5.93. The fraction of sp³-hybridized carbons (Fsp3) is 0.412. The number of fused-ring (bicyclic) bond motifs is 1. The summed E-state index contributed by atoms with van der Waals surface area (Å²) in [6.07, 6.45) is 0.538. The fourth-order valence-corrected chi connectivity index (χ4v) is 2.94. The van der Waals surface area contributed by atoms with Gasteiger partial charge in [0.2, 0.25) is 5.91 Å². The van der Waals surface area contributed by atoms with Gasteiger partial charge in [-0.3, -0.25) is 14.4 Å². The van der Waals surface area contributed by atoms with E-state index in [1.54, 1.807) is 12.1 Å². The molecule has 0 radical (unpaired) electrons. The number of rotatable bonds is 5. The lowest BCUT2D eigenvalue weighted by Crippen LogP contribution is -2.46. The van der Waals surface area contributed by atoms with E-state index >= 15 is 0 Å². The van der Waals surface area contributed by atoms with E-state index < -0.39 is 23.7 Å². The van der Waals surface area contributed by atoms with Gasteiger partial charge in [0.25, 0.3) is 11.8 Å². The van der Waals surface area contributed by atoms with Gasteiger partial charge in [0, 0.05) is 26.6 Å². The smallest absolute Gasteiger partial charge is 0.338 e. The highest BCUT2D eigenvalue weighted by Crippen LogP contribution is 2.25. The van der Waals surface area contributed by atoms with E-state index in [4.69, 9.17) is 9.57 Å². The molecule has 0 saturated carbocycles. The molecule has 1 saturated heterocycles. The molecule has 3 amide bonds. The summed E-state index contributed by atoms with van der Waals surface area (Å²) < 4.78 is 4.95. The number of carbonyl (C=O) groups excluding carboxylic acids is 4. The number of carbonyl (C=O) groups is 4. The van der Waals surface area contributed by atoms with Crippen molar-refractivity contribution in [2.45, 2.75) is 12.8 Å². The third-order valence-corrected chi connectivity index (χ3v) is 4.34. The molecule has 25 heavy (non-hydrogen) atoms. The molecule has 2 aliphatic heterocycles. The lowest BCUT2D eigenvalue weighted by molar-refractivity contribution is -0.176. The molecule has 8 nitrogen and oxygen atoms in total. The van der Waals surface area contributed by atoms with Crippen LogP contribution in [0, 0.1) is 5.92 Å². The zero-order chi connectivity index (χ0) is 18.0. The molecule has 2 aliphatic rings. The summed E-state index contributed by atoms with van der Waals surface area (Å²) in [5, 5.41) is 0.503. The van der Waals surface area contributed by atoms with E-state index in [0.717, 1.165) is 0 Å². The van der Waals surface area contributed by atoms with Crippen molar-refractivity contribution in [1.29, 1.82) is 0 Å². The second kappa shape index (κ2) is 7.02. The summed E-state index contributed by atoms with van der Waals surface area (Å²) in [4.78, 5) is 55.3. The van der Waals surface area contributed by atoms with Gasteiger partial charge >= 0.3 is 5.97 Å². The molecule has 2 heterocycles. The van der Waals surface area contributed by atoms with E-state index in [2.05, 4.69) is 0 Å². The second-order valence-corrected chi connectivity index (χ2v) is 5.93. The van der Waals surface area contributed by atoms with Crippen molar-refractivity contribution in [3.05, 3.63) is 35.4 Å². The molecule has 3 rings (SSSR count). The van der Waals surface area contributed by atoms with Gasteiger partial charge in [-0.25, -0.2) is 4.79 Å². The van der Waals surface area contributed by atoms with Gasteiger partial charge in [0.1, 0.15) is 0 Å². The Morgan fingerprint density at radius 3 is 2.40 bits per heavy atom. The molecule has 8 heteroatoms. The zero-order valence-electron chi connectivity index (χ0n) is 13.8. The largest absolute Gasteiger partial charge is 0.383 e. The molecule has 1 fully saturated rings. The summed E-state index contributed by atoms with van der Waals surface area (Å²) in [5.74, 6) is -2.64. The minimum atomic E-state index is -0.690. The maximum Gasteiger partial charge on any atom is 0.338 e. The Balaban J connectivity index is 1.66. The van der Waals surface area contributed by atoms with Crippen molar-refractivity contribution in [3.8, 4) is 0 Å². The van der Waals surface area contributed by atoms with E-state index in [0.29, 0.717) is 24.6 Å². The van der Waals surface area contributed by atoms with Crippen LogP contribution in [-0.2, 0) is 19.2 Å². The van der Waals surface area contributed by atoms with Gasteiger partial charge in [-0.2, -0.15) is 0 Å². The first-order valence-electron chi connectivity index (χ1n) is 7.99. The Kier molecular flexibility index (Phi) is 4.80. The lowest BCUT2D eigenvalue weighted by atomic mass is 9.98. The summed E-state index contributed by atoms with van der Waals surface area (Å²) in [6, 6.07) is 6.29. The van der Waals surface area contributed by atoms with Crippen molar-refractivity contribution < 1.29 is 28.8 Å². The molecule has 1 aromatic rings. The predicted octanol–water partition coefficient (Wildman–Crippen LogP) is 0.626. The summed E-state index contributed by atoms with van der Waals surface area (Å²) >= 11 is 0. The van der Waals surface area contributed by atoms with Crippen LogP contribution in [0.1, 0.15) is 33.6 Å². The average molecular weight is 346 g/mol. The molecular formula is C17H18N2O6. The Morgan fingerprint density at radius 2 is 1.80 bits per heavy atom. The molecule has 1 aromatic carbocycles. The molecular weight excluding hydrogens is 328 g/mol. The van der Waals surface area contributed by atoms with Gasteiger partial charge in [-0.05, 0) is 18.6 Å². The van der Waals surface area contributed by atoms with E-state index in [9.17, 15) is 19.2 Å². The predicted molar refractivity (Wildman–Crippen MR) is 84.2 cm³/mol. The van der Waals surface area contributed by atoms with Gasteiger partial charge in [-0.15, -0.1) is 0 Å². The summed E-state index contributed by atoms with van der Waals surface area (Å²) in [5.41, 5.74) is 0.418. The zero-order valence-corrected chi connectivity index (χ0v) is 13.8. The maximum absolute atomic E-state index is 12.4. The lowest BCUT2D eigenvalue weighted by Gasteiger charge is -2.31.